The highest BCUT2D eigenvalue weighted by molar-refractivity contribution is 7.89. The maximum absolute atomic E-state index is 13.6. The van der Waals surface area contributed by atoms with Crippen LogP contribution in [0.1, 0.15) is 12.8 Å². The van der Waals surface area contributed by atoms with Gasteiger partial charge in [0, 0.05) is 13.2 Å². The first-order valence-corrected chi connectivity index (χ1v) is 7.55. The van der Waals surface area contributed by atoms with Crippen LogP contribution in [0.15, 0.2) is 23.1 Å². The van der Waals surface area contributed by atoms with Gasteiger partial charge in [0.2, 0.25) is 10.0 Å². The second kappa shape index (κ2) is 5.72. The van der Waals surface area contributed by atoms with Gasteiger partial charge in [0.1, 0.15) is 11.6 Å². The second-order valence-electron chi connectivity index (χ2n) is 4.71. The van der Waals surface area contributed by atoms with Gasteiger partial charge in [-0.3, -0.25) is 0 Å². The van der Waals surface area contributed by atoms with E-state index in [2.05, 4.69) is 4.72 Å². The maximum atomic E-state index is 13.6. The molecule has 0 aromatic heterocycles. The Labute approximate surface area is 115 Å². The molecule has 2 rings (SSSR count). The zero-order valence-corrected chi connectivity index (χ0v) is 11.4. The van der Waals surface area contributed by atoms with Crippen LogP contribution in [-0.4, -0.2) is 38.9 Å². The van der Waals surface area contributed by atoms with E-state index in [1.54, 1.807) is 0 Å². The van der Waals surface area contributed by atoms with Crippen molar-refractivity contribution in [2.45, 2.75) is 23.3 Å². The first kappa shape index (κ1) is 15.3. The van der Waals surface area contributed by atoms with Crippen molar-refractivity contribution < 1.29 is 27.0 Å². The lowest BCUT2D eigenvalue weighted by Gasteiger charge is -2.35. The standard InChI is InChI=1S/C12H15F2NO4S/c13-9-2-1-3-10(14)11(9)20(17,18)15-12(8-16)4-6-19-7-5-12/h1-3,15-16H,4-8H2. The van der Waals surface area contributed by atoms with E-state index in [0.29, 0.717) is 0 Å². The summed E-state index contributed by atoms with van der Waals surface area (Å²) in [7, 11) is -4.41. The van der Waals surface area contributed by atoms with E-state index in [9.17, 15) is 22.3 Å². The predicted octanol–water partition coefficient (Wildman–Crippen LogP) is 0.785. The van der Waals surface area contributed by atoms with Crippen molar-refractivity contribution in [3.05, 3.63) is 29.8 Å². The zero-order valence-electron chi connectivity index (χ0n) is 10.6. The van der Waals surface area contributed by atoms with Crippen molar-refractivity contribution in [3.63, 3.8) is 0 Å². The number of aliphatic hydroxyl groups is 1. The lowest BCUT2D eigenvalue weighted by atomic mass is 9.93. The number of hydrogen-bond acceptors (Lipinski definition) is 4. The highest BCUT2D eigenvalue weighted by atomic mass is 32.2. The van der Waals surface area contributed by atoms with Crippen LogP contribution in [-0.2, 0) is 14.8 Å². The summed E-state index contributed by atoms with van der Waals surface area (Å²) in [6.45, 7) is 0.0668. The molecular formula is C12H15F2NO4S. The zero-order chi connectivity index (χ0) is 14.8. The van der Waals surface area contributed by atoms with Gasteiger partial charge in [-0.25, -0.2) is 21.9 Å². The number of sulfonamides is 1. The van der Waals surface area contributed by atoms with Gasteiger partial charge in [0.05, 0.1) is 12.1 Å². The van der Waals surface area contributed by atoms with Crippen molar-refractivity contribution in [2.24, 2.45) is 0 Å². The third kappa shape index (κ3) is 2.98. The van der Waals surface area contributed by atoms with E-state index in [1.165, 1.54) is 0 Å². The van der Waals surface area contributed by atoms with Gasteiger partial charge in [-0.05, 0) is 25.0 Å². The SMILES string of the molecule is O=S(=O)(NC1(CO)CCOCC1)c1c(F)cccc1F. The summed E-state index contributed by atoms with van der Waals surface area (Å²) in [5.74, 6) is -2.34. The summed E-state index contributed by atoms with van der Waals surface area (Å²) >= 11 is 0. The van der Waals surface area contributed by atoms with E-state index in [4.69, 9.17) is 4.74 Å². The number of hydrogen-bond donors (Lipinski definition) is 2. The number of benzene rings is 1. The molecule has 0 spiro atoms. The number of ether oxygens (including phenoxy) is 1. The largest absolute Gasteiger partial charge is 0.394 e. The van der Waals surface area contributed by atoms with Gasteiger partial charge in [0.25, 0.3) is 0 Å². The molecule has 0 bridgehead atoms. The normalized spacial score (nSPS) is 18.9. The third-order valence-corrected chi connectivity index (χ3v) is 4.92. The minimum atomic E-state index is -4.41. The van der Waals surface area contributed by atoms with Crippen LogP contribution in [0.2, 0.25) is 0 Å². The lowest BCUT2D eigenvalue weighted by Crippen LogP contribution is -2.54. The van der Waals surface area contributed by atoms with Crippen molar-refractivity contribution in [1.29, 1.82) is 0 Å². The quantitative estimate of drug-likeness (QED) is 0.862. The molecule has 0 atom stereocenters. The van der Waals surface area contributed by atoms with Crippen LogP contribution in [0.3, 0.4) is 0 Å². The Kier molecular flexibility index (Phi) is 4.38. The summed E-state index contributed by atoms with van der Waals surface area (Å²) in [5.41, 5.74) is -1.15. The Balaban J connectivity index is 2.35. The molecule has 1 saturated heterocycles. The van der Waals surface area contributed by atoms with Crippen LogP contribution in [0, 0.1) is 11.6 Å². The number of halogens is 2. The molecule has 8 heteroatoms. The average Bonchev–Trinajstić information content (AvgIpc) is 2.38. The lowest BCUT2D eigenvalue weighted by molar-refractivity contribution is 0.0222. The molecule has 0 amide bonds. The monoisotopic (exact) mass is 307 g/mol. The molecule has 5 nitrogen and oxygen atoms in total. The first-order valence-electron chi connectivity index (χ1n) is 6.07. The molecule has 0 radical (unpaired) electrons. The van der Waals surface area contributed by atoms with Crippen LogP contribution in [0.5, 0.6) is 0 Å². The predicted molar refractivity (Wildman–Crippen MR) is 66.5 cm³/mol. The molecule has 0 aliphatic carbocycles. The summed E-state index contributed by atoms with van der Waals surface area (Å²) in [4.78, 5) is -1.03. The molecule has 20 heavy (non-hydrogen) atoms. The number of nitrogens with one attached hydrogen (secondary N) is 1. The Morgan fingerprint density at radius 1 is 1.25 bits per heavy atom. The average molecular weight is 307 g/mol. The Morgan fingerprint density at radius 3 is 2.30 bits per heavy atom. The molecule has 112 valence electrons. The van der Waals surface area contributed by atoms with E-state index in [-0.39, 0.29) is 26.1 Å². The highest BCUT2D eigenvalue weighted by Crippen LogP contribution is 2.25. The molecule has 2 N–H and O–H groups in total. The van der Waals surface area contributed by atoms with Crippen LogP contribution in [0.25, 0.3) is 0 Å². The molecule has 0 saturated carbocycles. The number of rotatable bonds is 4. The van der Waals surface area contributed by atoms with Crippen LogP contribution < -0.4 is 4.72 Å². The molecule has 1 fully saturated rings. The van der Waals surface area contributed by atoms with Gasteiger partial charge in [0.15, 0.2) is 4.90 Å². The topological polar surface area (TPSA) is 75.6 Å². The van der Waals surface area contributed by atoms with Gasteiger partial charge in [-0.2, -0.15) is 0 Å². The third-order valence-electron chi connectivity index (χ3n) is 3.29. The van der Waals surface area contributed by atoms with Crippen LogP contribution >= 0.6 is 0 Å². The van der Waals surface area contributed by atoms with Crippen molar-refractivity contribution in [2.75, 3.05) is 19.8 Å². The van der Waals surface area contributed by atoms with E-state index < -0.39 is 38.7 Å². The number of aliphatic hydroxyl groups excluding tert-OH is 1. The molecule has 0 unspecified atom stereocenters. The Hall–Kier alpha value is -1.09. The molecular weight excluding hydrogens is 292 g/mol. The minimum absolute atomic E-state index is 0.235. The van der Waals surface area contributed by atoms with E-state index in [0.717, 1.165) is 18.2 Å². The van der Waals surface area contributed by atoms with Gasteiger partial charge in [-0.15, -0.1) is 0 Å². The second-order valence-corrected chi connectivity index (χ2v) is 6.33. The fraction of sp³-hybridized carbons (Fsp3) is 0.500. The Morgan fingerprint density at radius 2 is 1.80 bits per heavy atom. The maximum Gasteiger partial charge on any atom is 0.247 e. The molecule has 1 aromatic carbocycles. The molecule has 1 heterocycles. The van der Waals surface area contributed by atoms with Crippen LogP contribution in [0.4, 0.5) is 8.78 Å². The molecule has 1 aliphatic rings. The van der Waals surface area contributed by atoms with Crippen molar-refractivity contribution >= 4 is 10.0 Å². The summed E-state index contributed by atoms with van der Waals surface area (Å²) in [6, 6.07) is 2.82. The fourth-order valence-electron chi connectivity index (χ4n) is 2.13. The highest BCUT2D eigenvalue weighted by Gasteiger charge is 2.38. The Bertz CT molecular complexity index is 565. The van der Waals surface area contributed by atoms with E-state index >= 15 is 0 Å². The van der Waals surface area contributed by atoms with Gasteiger partial charge < -0.3 is 9.84 Å². The van der Waals surface area contributed by atoms with Gasteiger partial charge in [-0.1, -0.05) is 6.07 Å². The minimum Gasteiger partial charge on any atom is -0.394 e. The first-order chi connectivity index (χ1) is 9.40. The molecule has 1 aliphatic heterocycles. The van der Waals surface area contributed by atoms with Crippen molar-refractivity contribution in [1.82, 2.24) is 4.72 Å². The fourth-order valence-corrected chi connectivity index (χ4v) is 3.72. The van der Waals surface area contributed by atoms with Crippen molar-refractivity contribution in [3.8, 4) is 0 Å². The molecule has 1 aromatic rings. The summed E-state index contributed by atoms with van der Waals surface area (Å²) in [5, 5.41) is 9.42. The van der Waals surface area contributed by atoms with E-state index in [1.807, 2.05) is 0 Å². The summed E-state index contributed by atoms with van der Waals surface area (Å²) < 4.78 is 58.8. The summed E-state index contributed by atoms with van der Waals surface area (Å²) in [6.07, 6.45) is 0.470. The van der Waals surface area contributed by atoms with Gasteiger partial charge >= 0.3 is 0 Å². The smallest absolute Gasteiger partial charge is 0.247 e.